The number of esters is 1. The lowest BCUT2D eigenvalue weighted by Gasteiger charge is -2.64. The first-order valence-electron chi connectivity index (χ1n) is 10.5. The maximum atomic E-state index is 12.9. The second-order valence-electron chi connectivity index (χ2n) is 10.2. The Morgan fingerprint density at radius 1 is 1.20 bits per heavy atom. The van der Waals surface area contributed by atoms with Gasteiger partial charge in [0.1, 0.15) is 35.1 Å². The van der Waals surface area contributed by atoms with E-state index in [0.717, 1.165) is 12.8 Å². The number of ether oxygens (including phenoxy) is 2. The number of aromatic hydroxyl groups is 1. The number of allylic oxidation sites excluding steroid dienone is 1. The van der Waals surface area contributed by atoms with Gasteiger partial charge in [-0.05, 0) is 55.1 Å². The van der Waals surface area contributed by atoms with E-state index in [-0.39, 0.29) is 28.6 Å². The van der Waals surface area contributed by atoms with E-state index < -0.39 is 23.1 Å². The molecule has 1 aromatic rings. The number of fused-ring (bicyclic) bond motifs is 3. The normalized spacial score (nSPS) is 36.1. The van der Waals surface area contributed by atoms with E-state index in [4.69, 9.17) is 9.47 Å². The van der Waals surface area contributed by atoms with E-state index >= 15 is 0 Å². The minimum absolute atomic E-state index is 0.0420. The monoisotopic (exact) mass is 414 g/mol. The van der Waals surface area contributed by atoms with Crippen molar-refractivity contribution in [1.29, 1.82) is 0 Å². The standard InChI is InChI=1S/C24H30O6/c1-13-6-16(29-5)8-18(26)20(13)21(27)30-19-11-23(4)17-10-22(2,3)9-14(17)7-15(12-25)24(19,23)28/h6-8,12,14,17,19,26,28H,9-11H2,1-5H3/t14?,17?,19-,23-,24+/m1/s1. The number of methoxy groups -OCH3 is 1. The first-order valence-corrected chi connectivity index (χ1v) is 10.5. The van der Waals surface area contributed by atoms with Crippen LogP contribution in [0, 0.1) is 29.6 Å². The highest BCUT2D eigenvalue weighted by Gasteiger charge is 2.72. The molecular formula is C24H30O6. The fraction of sp³-hybridized carbons (Fsp3) is 0.583. The summed E-state index contributed by atoms with van der Waals surface area (Å²) in [5.74, 6) is -0.0439. The zero-order valence-electron chi connectivity index (χ0n) is 18.2. The number of carbonyl (C=O) groups excluding carboxylic acids is 2. The number of aliphatic hydroxyl groups is 1. The summed E-state index contributed by atoms with van der Waals surface area (Å²) in [7, 11) is 1.48. The lowest BCUT2D eigenvalue weighted by atomic mass is 9.44. The number of hydrogen-bond acceptors (Lipinski definition) is 6. The van der Waals surface area contributed by atoms with Crippen LogP contribution in [0.5, 0.6) is 11.5 Å². The molecule has 2 N–H and O–H groups in total. The molecule has 0 spiro atoms. The number of benzene rings is 1. The van der Waals surface area contributed by atoms with Gasteiger partial charge in [-0.25, -0.2) is 4.79 Å². The van der Waals surface area contributed by atoms with Crippen LogP contribution in [0.2, 0.25) is 0 Å². The fourth-order valence-electron chi connectivity index (χ4n) is 6.28. The maximum absolute atomic E-state index is 12.9. The van der Waals surface area contributed by atoms with Crippen LogP contribution in [0.15, 0.2) is 23.8 Å². The molecule has 6 nitrogen and oxygen atoms in total. The van der Waals surface area contributed by atoms with Gasteiger partial charge in [0.05, 0.1) is 7.11 Å². The quantitative estimate of drug-likeness (QED) is 0.578. The highest BCUT2D eigenvalue weighted by atomic mass is 16.6. The van der Waals surface area contributed by atoms with E-state index in [0.29, 0.717) is 29.6 Å². The minimum atomic E-state index is -1.51. The zero-order valence-corrected chi connectivity index (χ0v) is 18.2. The van der Waals surface area contributed by atoms with Gasteiger partial charge in [0, 0.05) is 17.1 Å². The van der Waals surface area contributed by atoms with Gasteiger partial charge in [-0.1, -0.05) is 26.8 Å². The number of hydrogen-bond donors (Lipinski definition) is 2. The fourth-order valence-corrected chi connectivity index (χ4v) is 6.28. The average Bonchev–Trinajstić information content (AvgIpc) is 2.98. The molecule has 6 heteroatoms. The van der Waals surface area contributed by atoms with Crippen molar-refractivity contribution in [2.75, 3.05) is 7.11 Å². The number of aryl methyl sites for hydroxylation is 1. The van der Waals surface area contributed by atoms with Crippen LogP contribution < -0.4 is 4.74 Å². The number of carbonyl (C=O) groups is 2. The molecule has 4 rings (SSSR count). The van der Waals surface area contributed by atoms with Crippen LogP contribution >= 0.6 is 0 Å². The molecule has 2 saturated carbocycles. The summed E-state index contributed by atoms with van der Waals surface area (Å²) in [6.45, 7) is 8.12. The van der Waals surface area contributed by atoms with E-state index in [9.17, 15) is 19.8 Å². The first kappa shape index (κ1) is 20.9. The van der Waals surface area contributed by atoms with Crippen molar-refractivity contribution in [3.05, 3.63) is 34.9 Å². The van der Waals surface area contributed by atoms with Crippen molar-refractivity contribution in [3.8, 4) is 11.5 Å². The van der Waals surface area contributed by atoms with Crippen molar-refractivity contribution in [3.63, 3.8) is 0 Å². The summed E-state index contributed by atoms with van der Waals surface area (Å²) >= 11 is 0. The Bertz CT molecular complexity index is 924. The third-order valence-electron chi connectivity index (χ3n) is 7.78. The van der Waals surface area contributed by atoms with Crippen LogP contribution in [0.25, 0.3) is 0 Å². The predicted octanol–water partition coefficient (Wildman–Crippen LogP) is 3.57. The molecule has 0 aliphatic heterocycles. The first-order chi connectivity index (χ1) is 14.0. The van der Waals surface area contributed by atoms with Crippen LogP contribution in [-0.4, -0.2) is 41.3 Å². The number of aldehydes is 1. The molecule has 0 amide bonds. The molecule has 0 saturated heterocycles. The summed E-state index contributed by atoms with van der Waals surface area (Å²) in [6.07, 6.45) is 4.17. The van der Waals surface area contributed by atoms with Crippen molar-refractivity contribution >= 4 is 12.3 Å². The Labute approximate surface area is 176 Å². The lowest BCUT2D eigenvalue weighted by molar-refractivity contribution is -0.246. The maximum Gasteiger partial charge on any atom is 0.342 e. The highest BCUT2D eigenvalue weighted by Crippen LogP contribution is 2.68. The molecule has 3 aliphatic rings. The SMILES string of the molecule is COc1cc(C)c(C(=O)O[C@@H]2C[C@]3(C)C4CC(C)(C)CC4C=C(C=O)[C@]23O)c(O)c1. The Balaban J connectivity index is 1.64. The summed E-state index contributed by atoms with van der Waals surface area (Å²) in [5, 5.41) is 22.0. The summed E-state index contributed by atoms with van der Waals surface area (Å²) in [6, 6.07) is 2.99. The van der Waals surface area contributed by atoms with Crippen molar-refractivity contribution in [2.24, 2.45) is 22.7 Å². The van der Waals surface area contributed by atoms with Crippen LogP contribution in [-0.2, 0) is 9.53 Å². The Kier molecular flexibility index (Phi) is 4.59. The van der Waals surface area contributed by atoms with Gasteiger partial charge in [-0.15, -0.1) is 0 Å². The largest absolute Gasteiger partial charge is 0.507 e. The van der Waals surface area contributed by atoms with E-state index in [1.165, 1.54) is 13.2 Å². The van der Waals surface area contributed by atoms with E-state index in [2.05, 4.69) is 13.8 Å². The average molecular weight is 414 g/mol. The van der Waals surface area contributed by atoms with Gasteiger partial charge in [0.2, 0.25) is 0 Å². The molecule has 162 valence electrons. The van der Waals surface area contributed by atoms with Gasteiger partial charge in [0.25, 0.3) is 0 Å². The van der Waals surface area contributed by atoms with Gasteiger partial charge in [-0.2, -0.15) is 0 Å². The van der Waals surface area contributed by atoms with Crippen LogP contribution in [0.1, 0.15) is 56.0 Å². The molecule has 2 fully saturated rings. The summed E-state index contributed by atoms with van der Waals surface area (Å²) in [5.41, 5.74) is -1.04. The van der Waals surface area contributed by atoms with Crippen molar-refractivity contribution < 1.29 is 29.3 Å². The third kappa shape index (κ3) is 2.73. The Hall–Kier alpha value is -2.34. The van der Waals surface area contributed by atoms with Crippen LogP contribution in [0.4, 0.5) is 0 Å². The van der Waals surface area contributed by atoms with Crippen LogP contribution in [0.3, 0.4) is 0 Å². The summed E-state index contributed by atoms with van der Waals surface area (Å²) < 4.78 is 10.8. The second kappa shape index (κ2) is 6.58. The Morgan fingerprint density at radius 3 is 2.50 bits per heavy atom. The minimum Gasteiger partial charge on any atom is -0.507 e. The molecule has 0 bridgehead atoms. The van der Waals surface area contributed by atoms with Crippen molar-refractivity contribution in [2.45, 2.75) is 58.7 Å². The second-order valence-corrected chi connectivity index (χ2v) is 10.2. The zero-order chi connectivity index (χ0) is 22.1. The molecule has 3 aliphatic carbocycles. The van der Waals surface area contributed by atoms with Gasteiger partial charge < -0.3 is 19.7 Å². The summed E-state index contributed by atoms with van der Waals surface area (Å²) in [4.78, 5) is 24.8. The lowest BCUT2D eigenvalue weighted by Crippen LogP contribution is -2.72. The van der Waals surface area contributed by atoms with E-state index in [1.54, 1.807) is 13.0 Å². The topological polar surface area (TPSA) is 93.1 Å². The molecule has 0 heterocycles. The number of phenolic OH excluding ortho intramolecular Hbond substituents is 1. The molecule has 2 unspecified atom stereocenters. The predicted molar refractivity (Wildman–Crippen MR) is 110 cm³/mol. The molecular weight excluding hydrogens is 384 g/mol. The highest BCUT2D eigenvalue weighted by molar-refractivity contribution is 5.94. The molecule has 5 atom stereocenters. The molecule has 0 radical (unpaired) electrons. The van der Waals surface area contributed by atoms with Gasteiger partial charge in [0.15, 0.2) is 0 Å². The molecule has 30 heavy (non-hydrogen) atoms. The smallest absolute Gasteiger partial charge is 0.342 e. The molecule has 1 aromatic carbocycles. The number of phenols is 1. The van der Waals surface area contributed by atoms with Gasteiger partial charge >= 0.3 is 5.97 Å². The Morgan fingerprint density at radius 2 is 1.90 bits per heavy atom. The number of rotatable bonds is 4. The van der Waals surface area contributed by atoms with Crippen molar-refractivity contribution in [1.82, 2.24) is 0 Å². The third-order valence-corrected chi connectivity index (χ3v) is 7.78. The molecule has 0 aromatic heterocycles. The van der Waals surface area contributed by atoms with E-state index in [1.807, 2.05) is 13.0 Å². The van der Waals surface area contributed by atoms with Gasteiger partial charge in [-0.3, -0.25) is 4.79 Å².